The van der Waals surface area contributed by atoms with Crippen LogP contribution in [0.25, 0.3) is 17.0 Å². The van der Waals surface area contributed by atoms with Crippen molar-refractivity contribution in [2.75, 3.05) is 13.2 Å². The molecule has 3 aromatic rings. The third kappa shape index (κ3) is 4.58. The van der Waals surface area contributed by atoms with Gasteiger partial charge < -0.3 is 10.1 Å². The van der Waals surface area contributed by atoms with Crippen molar-refractivity contribution in [2.24, 2.45) is 0 Å². The van der Waals surface area contributed by atoms with Crippen molar-refractivity contribution in [1.29, 1.82) is 0 Å². The first-order chi connectivity index (χ1) is 12.2. The van der Waals surface area contributed by atoms with Gasteiger partial charge >= 0.3 is 0 Å². The van der Waals surface area contributed by atoms with E-state index >= 15 is 0 Å². The molecule has 0 unspecified atom stereocenters. The van der Waals surface area contributed by atoms with Crippen molar-refractivity contribution in [3.05, 3.63) is 77.5 Å². The van der Waals surface area contributed by atoms with Gasteiger partial charge in [-0.25, -0.2) is 0 Å². The number of hydrogen-bond acceptors (Lipinski definition) is 3. The number of ether oxygens (including phenoxy) is 1. The molecule has 1 aromatic heterocycles. The number of nitrogens with one attached hydrogen (secondary N) is 1. The zero-order valence-corrected chi connectivity index (χ0v) is 14.2. The second kappa shape index (κ2) is 8.31. The largest absolute Gasteiger partial charge is 0.489 e. The number of carbonyl (C=O) groups excluding carboxylic acids is 1. The average molecular weight is 353 g/mol. The third-order valence-electron chi connectivity index (χ3n) is 3.57. The Bertz CT molecular complexity index is 904. The number of carbonyl (C=O) groups is 1. The quantitative estimate of drug-likeness (QED) is 0.537. The number of pyridine rings is 1. The lowest BCUT2D eigenvalue weighted by atomic mass is 10.2. The van der Waals surface area contributed by atoms with Crippen LogP contribution in [0, 0.1) is 0 Å². The fraction of sp³-hybridized carbons (Fsp3) is 0.100. The van der Waals surface area contributed by atoms with Crippen LogP contribution in [-0.2, 0) is 4.79 Å². The summed E-state index contributed by atoms with van der Waals surface area (Å²) in [4.78, 5) is 16.2. The van der Waals surface area contributed by atoms with E-state index in [4.69, 9.17) is 16.3 Å². The van der Waals surface area contributed by atoms with Gasteiger partial charge in [0.15, 0.2) is 0 Å². The van der Waals surface area contributed by atoms with Crippen LogP contribution >= 0.6 is 11.6 Å². The minimum Gasteiger partial charge on any atom is -0.489 e. The third-order valence-corrected chi connectivity index (χ3v) is 3.92. The van der Waals surface area contributed by atoms with Crippen LogP contribution in [0.3, 0.4) is 0 Å². The molecule has 4 nitrogen and oxygen atoms in total. The minimum absolute atomic E-state index is 0.195. The number of para-hydroxylation sites is 1. The molecule has 0 aliphatic carbocycles. The maximum absolute atomic E-state index is 11.8. The number of fused-ring (bicyclic) bond motifs is 1. The van der Waals surface area contributed by atoms with E-state index in [0.717, 1.165) is 16.5 Å². The summed E-state index contributed by atoms with van der Waals surface area (Å²) in [7, 11) is 0. The van der Waals surface area contributed by atoms with Crippen molar-refractivity contribution in [2.45, 2.75) is 0 Å². The van der Waals surface area contributed by atoms with Crippen molar-refractivity contribution in [1.82, 2.24) is 10.3 Å². The zero-order chi connectivity index (χ0) is 17.5. The van der Waals surface area contributed by atoms with Crippen LogP contribution in [0.15, 0.2) is 66.9 Å². The summed E-state index contributed by atoms with van der Waals surface area (Å²) in [6.07, 6.45) is 4.88. The van der Waals surface area contributed by atoms with Crippen LogP contribution < -0.4 is 10.1 Å². The number of nitrogens with zero attached hydrogens (tertiary/aromatic N) is 1. The normalized spacial score (nSPS) is 10.9. The van der Waals surface area contributed by atoms with E-state index in [1.165, 1.54) is 6.08 Å². The van der Waals surface area contributed by atoms with Gasteiger partial charge in [-0.05, 0) is 29.8 Å². The van der Waals surface area contributed by atoms with E-state index < -0.39 is 0 Å². The average Bonchev–Trinajstić information content (AvgIpc) is 2.64. The SMILES string of the molecule is O=C(/C=C/c1ccccc1Cl)NCCOc1cccc2cccnc12. The molecule has 0 radical (unpaired) electrons. The Kier molecular flexibility index (Phi) is 5.65. The maximum atomic E-state index is 11.8. The van der Waals surface area contributed by atoms with Crippen molar-refractivity contribution >= 4 is 34.5 Å². The van der Waals surface area contributed by atoms with E-state index in [0.29, 0.717) is 23.9 Å². The molecular formula is C20H17ClN2O2. The fourth-order valence-corrected chi connectivity index (χ4v) is 2.56. The fourth-order valence-electron chi connectivity index (χ4n) is 2.36. The second-order valence-corrected chi connectivity index (χ2v) is 5.73. The molecular weight excluding hydrogens is 336 g/mol. The zero-order valence-electron chi connectivity index (χ0n) is 13.5. The molecule has 5 heteroatoms. The smallest absolute Gasteiger partial charge is 0.244 e. The van der Waals surface area contributed by atoms with Gasteiger partial charge in [0.1, 0.15) is 17.9 Å². The molecule has 1 heterocycles. The van der Waals surface area contributed by atoms with Gasteiger partial charge in [-0.3, -0.25) is 9.78 Å². The van der Waals surface area contributed by atoms with E-state index in [9.17, 15) is 4.79 Å². The van der Waals surface area contributed by atoms with Crippen LogP contribution in [0.2, 0.25) is 5.02 Å². The molecule has 0 fully saturated rings. The lowest BCUT2D eigenvalue weighted by Crippen LogP contribution is -2.26. The molecule has 0 saturated heterocycles. The van der Waals surface area contributed by atoms with E-state index in [2.05, 4.69) is 10.3 Å². The van der Waals surface area contributed by atoms with Gasteiger partial charge in [0.2, 0.25) is 5.91 Å². The molecule has 0 saturated carbocycles. The summed E-state index contributed by atoms with van der Waals surface area (Å²) in [5, 5.41) is 4.41. The number of aromatic nitrogens is 1. The summed E-state index contributed by atoms with van der Waals surface area (Å²) >= 11 is 6.04. The minimum atomic E-state index is -0.195. The predicted octanol–water partition coefficient (Wildman–Crippen LogP) is 4.10. The molecule has 0 atom stereocenters. The predicted molar refractivity (Wildman–Crippen MR) is 101 cm³/mol. The Morgan fingerprint density at radius 1 is 1.12 bits per heavy atom. The Morgan fingerprint density at radius 3 is 2.84 bits per heavy atom. The standard InChI is InChI=1S/C20H17ClN2O2/c21-17-8-2-1-5-15(17)10-11-19(24)22-13-14-25-18-9-3-6-16-7-4-12-23-20(16)18/h1-12H,13-14H2,(H,22,24)/b11-10+. The Morgan fingerprint density at radius 2 is 1.96 bits per heavy atom. The van der Waals surface area contributed by atoms with Gasteiger partial charge in [-0.15, -0.1) is 0 Å². The Hall–Kier alpha value is -2.85. The second-order valence-electron chi connectivity index (χ2n) is 5.33. The summed E-state index contributed by atoms with van der Waals surface area (Å²) in [5.74, 6) is 0.513. The van der Waals surface area contributed by atoms with Gasteiger partial charge in [0, 0.05) is 22.7 Å². The van der Waals surface area contributed by atoms with Gasteiger partial charge in [0.05, 0.1) is 6.54 Å². The van der Waals surface area contributed by atoms with Crippen LogP contribution in [0.5, 0.6) is 5.75 Å². The molecule has 0 bridgehead atoms. The van der Waals surface area contributed by atoms with E-state index in [1.54, 1.807) is 18.3 Å². The monoisotopic (exact) mass is 352 g/mol. The Balaban J connectivity index is 1.50. The highest BCUT2D eigenvalue weighted by Gasteiger charge is 2.03. The Labute approximate surface area is 151 Å². The molecule has 2 aromatic carbocycles. The van der Waals surface area contributed by atoms with Crippen LogP contribution in [-0.4, -0.2) is 24.0 Å². The summed E-state index contributed by atoms with van der Waals surface area (Å²) < 4.78 is 5.73. The molecule has 0 aliphatic heterocycles. The number of benzene rings is 2. The molecule has 1 amide bonds. The number of amides is 1. The van der Waals surface area contributed by atoms with E-state index in [-0.39, 0.29) is 5.91 Å². The molecule has 25 heavy (non-hydrogen) atoms. The molecule has 1 N–H and O–H groups in total. The van der Waals surface area contributed by atoms with Gasteiger partial charge in [-0.2, -0.15) is 0 Å². The number of rotatable bonds is 6. The first-order valence-corrected chi connectivity index (χ1v) is 8.29. The number of hydrogen-bond donors (Lipinski definition) is 1. The van der Waals surface area contributed by atoms with Gasteiger partial charge in [0.25, 0.3) is 0 Å². The van der Waals surface area contributed by atoms with Crippen LogP contribution in [0.1, 0.15) is 5.56 Å². The lowest BCUT2D eigenvalue weighted by molar-refractivity contribution is -0.116. The highest BCUT2D eigenvalue weighted by molar-refractivity contribution is 6.32. The lowest BCUT2D eigenvalue weighted by Gasteiger charge is -2.08. The number of halogens is 1. The van der Waals surface area contributed by atoms with E-state index in [1.807, 2.05) is 48.5 Å². The molecule has 0 aliphatic rings. The summed E-state index contributed by atoms with van der Waals surface area (Å²) in [6, 6.07) is 17.0. The first-order valence-electron chi connectivity index (χ1n) is 7.91. The molecule has 0 spiro atoms. The highest BCUT2D eigenvalue weighted by Crippen LogP contribution is 2.22. The summed E-state index contributed by atoms with van der Waals surface area (Å²) in [6.45, 7) is 0.760. The highest BCUT2D eigenvalue weighted by atomic mass is 35.5. The maximum Gasteiger partial charge on any atom is 0.244 e. The molecule has 3 rings (SSSR count). The van der Waals surface area contributed by atoms with Crippen LogP contribution in [0.4, 0.5) is 0 Å². The molecule has 126 valence electrons. The first kappa shape index (κ1) is 17.0. The topological polar surface area (TPSA) is 51.2 Å². The van der Waals surface area contributed by atoms with Gasteiger partial charge in [-0.1, -0.05) is 48.0 Å². The van der Waals surface area contributed by atoms with Crippen molar-refractivity contribution in [3.63, 3.8) is 0 Å². The van der Waals surface area contributed by atoms with Crippen molar-refractivity contribution in [3.8, 4) is 5.75 Å². The van der Waals surface area contributed by atoms with Crippen molar-refractivity contribution < 1.29 is 9.53 Å². The summed E-state index contributed by atoms with van der Waals surface area (Å²) in [5.41, 5.74) is 1.62.